The molecule has 1 heterocycles. The Labute approximate surface area is 101 Å². The number of carboxylic acids is 1. The number of hydrogen-bond acceptors (Lipinski definition) is 2. The molecule has 2 rings (SSSR count). The van der Waals surface area contributed by atoms with Crippen LogP contribution in [0.5, 0.6) is 0 Å². The lowest BCUT2D eigenvalue weighted by Crippen LogP contribution is -2.06. The van der Waals surface area contributed by atoms with Crippen molar-refractivity contribution in [3.05, 3.63) is 46.5 Å². The van der Waals surface area contributed by atoms with Gasteiger partial charge in [-0.2, -0.15) is 0 Å². The van der Waals surface area contributed by atoms with Crippen LogP contribution in [0.25, 0.3) is 5.69 Å². The highest BCUT2D eigenvalue weighted by Crippen LogP contribution is 2.28. The lowest BCUT2D eigenvalue weighted by Gasteiger charge is -2.08. The van der Waals surface area contributed by atoms with E-state index in [4.69, 9.17) is 28.3 Å². The first-order valence-corrected chi connectivity index (χ1v) is 5.07. The van der Waals surface area contributed by atoms with E-state index in [1.165, 1.54) is 17.1 Å². The van der Waals surface area contributed by atoms with Gasteiger partial charge in [0.1, 0.15) is 0 Å². The first-order chi connectivity index (χ1) is 7.61. The van der Waals surface area contributed by atoms with E-state index in [0.717, 1.165) is 0 Å². The number of halogens is 2. The van der Waals surface area contributed by atoms with Crippen LogP contribution < -0.4 is 0 Å². The zero-order valence-electron chi connectivity index (χ0n) is 7.89. The van der Waals surface area contributed by atoms with Crippen molar-refractivity contribution in [2.75, 3.05) is 0 Å². The number of carboxylic acid groups (broad SMARTS) is 1. The van der Waals surface area contributed by atoms with Crippen molar-refractivity contribution in [1.82, 2.24) is 9.55 Å². The van der Waals surface area contributed by atoms with Gasteiger partial charge < -0.3 is 5.11 Å². The summed E-state index contributed by atoms with van der Waals surface area (Å²) in [5, 5.41) is 9.60. The zero-order valence-corrected chi connectivity index (χ0v) is 9.40. The molecule has 0 spiro atoms. The van der Waals surface area contributed by atoms with E-state index in [0.29, 0.717) is 15.7 Å². The largest absolute Gasteiger partial charge is 0.477 e. The van der Waals surface area contributed by atoms with Gasteiger partial charge >= 0.3 is 5.97 Å². The van der Waals surface area contributed by atoms with Gasteiger partial charge in [0.15, 0.2) is 5.69 Å². The Bertz CT molecular complexity index is 552. The Morgan fingerprint density at radius 3 is 2.81 bits per heavy atom. The van der Waals surface area contributed by atoms with Crippen molar-refractivity contribution >= 4 is 29.2 Å². The molecule has 0 fully saturated rings. The summed E-state index contributed by atoms with van der Waals surface area (Å²) in [5.74, 6) is -1.08. The highest BCUT2D eigenvalue weighted by Gasteiger charge is 2.14. The van der Waals surface area contributed by atoms with Crippen molar-refractivity contribution in [3.63, 3.8) is 0 Å². The first kappa shape index (κ1) is 11.0. The SMILES string of the molecule is O=C(O)c1cncn1-c1cccc(Cl)c1Cl. The predicted molar refractivity (Wildman–Crippen MR) is 60.5 cm³/mol. The molecule has 16 heavy (non-hydrogen) atoms. The van der Waals surface area contributed by atoms with Crippen LogP contribution in [0.4, 0.5) is 0 Å². The Morgan fingerprint density at radius 1 is 1.38 bits per heavy atom. The number of aromatic nitrogens is 2. The van der Waals surface area contributed by atoms with Gasteiger partial charge in [-0.15, -0.1) is 0 Å². The summed E-state index contributed by atoms with van der Waals surface area (Å²) in [6, 6.07) is 4.99. The third kappa shape index (κ3) is 1.77. The average Bonchev–Trinajstić information content (AvgIpc) is 2.70. The Morgan fingerprint density at radius 2 is 2.12 bits per heavy atom. The predicted octanol–water partition coefficient (Wildman–Crippen LogP) is 2.88. The number of carbonyl (C=O) groups is 1. The zero-order chi connectivity index (χ0) is 11.7. The van der Waals surface area contributed by atoms with Gasteiger partial charge in [0.2, 0.25) is 0 Å². The maximum Gasteiger partial charge on any atom is 0.354 e. The van der Waals surface area contributed by atoms with E-state index in [1.807, 2.05) is 0 Å². The summed E-state index contributed by atoms with van der Waals surface area (Å²) in [6.45, 7) is 0. The minimum Gasteiger partial charge on any atom is -0.477 e. The molecule has 0 aliphatic carbocycles. The molecule has 0 radical (unpaired) electrons. The molecule has 0 saturated carbocycles. The van der Waals surface area contributed by atoms with Gasteiger partial charge in [0, 0.05) is 0 Å². The number of nitrogens with zero attached hydrogens (tertiary/aromatic N) is 2. The molecule has 0 unspecified atom stereocenters. The van der Waals surface area contributed by atoms with Crippen molar-refractivity contribution in [3.8, 4) is 5.69 Å². The molecule has 0 saturated heterocycles. The minimum absolute atomic E-state index is 0.0316. The summed E-state index contributed by atoms with van der Waals surface area (Å²) in [6.07, 6.45) is 2.63. The first-order valence-electron chi connectivity index (χ1n) is 4.31. The Kier molecular flexibility index (Phi) is 2.85. The highest BCUT2D eigenvalue weighted by molar-refractivity contribution is 6.43. The van der Waals surface area contributed by atoms with E-state index >= 15 is 0 Å². The second-order valence-corrected chi connectivity index (χ2v) is 3.81. The number of aromatic carboxylic acids is 1. The molecule has 4 nitrogen and oxygen atoms in total. The van der Waals surface area contributed by atoms with Gasteiger partial charge in [0.25, 0.3) is 0 Å². The highest BCUT2D eigenvalue weighted by atomic mass is 35.5. The average molecular weight is 257 g/mol. The van der Waals surface area contributed by atoms with Crippen molar-refractivity contribution in [2.24, 2.45) is 0 Å². The second-order valence-electron chi connectivity index (χ2n) is 3.03. The fourth-order valence-corrected chi connectivity index (χ4v) is 1.71. The topological polar surface area (TPSA) is 55.1 Å². The van der Waals surface area contributed by atoms with Crippen LogP contribution in [0, 0.1) is 0 Å². The van der Waals surface area contributed by atoms with Crippen LogP contribution in [-0.4, -0.2) is 20.6 Å². The summed E-state index contributed by atoms with van der Waals surface area (Å²) >= 11 is 11.8. The second kappa shape index (κ2) is 4.15. The molecule has 82 valence electrons. The fourth-order valence-electron chi connectivity index (χ4n) is 1.32. The molecular weight excluding hydrogens is 251 g/mol. The van der Waals surface area contributed by atoms with Gasteiger partial charge in [-0.25, -0.2) is 9.78 Å². The molecule has 1 N–H and O–H groups in total. The van der Waals surface area contributed by atoms with Crippen LogP contribution in [0.15, 0.2) is 30.7 Å². The third-order valence-corrected chi connectivity index (χ3v) is 2.86. The maximum absolute atomic E-state index is 10.9. The van der Waals surface area contributed by atoms with Crippen molar-refractivity contribution < 1.29 is 9.90 Å². The quantitative estimate of drug-likeness (QED) is 0.899. The molecule has 0 bridgehead atoms. The van der Waals surface area contributed by atoms with Crippen LogP contribution >= 0.6 is 23.2 Å². The molecule has 0 atom stereocenters. The van der Waals surface area contributed by atoms with Crippen molar-refractivity contribution in [2.45, 2.75) is 0 Å². The lowest BCUT2D eigenvalue weighted by molar-refractivity contribution is 0.0688. The molecule has 2 aromatic rings. The maximum atomic E-state index is 10.9. The van der Waals surface area contributed by atoms with E-state index in [9.17, 15) is 4.79 Å². The molecule has 1 aromatic heterocycles. The van der Waals surface area contributed by atoms with Gasteiger partial charge in [-0.1, -0.05) is 29.3 Å². The number of benzene rings is 1. The molecule has 0 amide bonds. The van der Waals surface area contributed by atoms with Crippen molar-refractivity contribution in [1.29, 1.82) is 0 Å². The van der Waals surface area contributed by atoms with Crippen LogP contribution in [0.3, 0.4) is 0 Å². The molecule has 6 heteroatoms. The molecular formula is C10H6Cl2N2O2. The van der Waals surface area contributed by atoms with Gasteiger partial charge in [-0.05, 0) is 12.1 Å². The molecule has 1 aromatic carbocycles. The fraction of sp³-hybridized carbons (Fsp3) is 0. The Balaban J connectivity index is 2.63. The van der Waals surface area contributed by atoms with Crippen LogP contribution in [0.2, 0.25) is 10.0 Å². The number of imidazole rings is 1. The monoisotopic (exact) mass is 256 g/mol. The van der Waals surface area contributed by atoms with E-state index in [1.54, 1.807) is 18.2 Å². The van der Waals surface area contributed by atoms with E-state index < -0.39 is 5.97 Å². The molecule has 0 aliphatic heterocycles. The number of hydrogen-bond donors (Lipinski definition) is 1. The molecule has 0 aliphatic rings. The summed E-state index contributed by atoms with van der Waals surface area (Å²) in [5.41, 5.74) is 0.522. The summed E-state index contributed by atoms with van der Waals surface area (Å²) in [7, 11) is 0. The Hall–Kier alpha value is -1.52. The van der Waals surface area contributed by atoms with Gasteiger partial charge in [0.05, 0.1) is 28.3 Å². The van der Waals surface area contributed by atoms with Crippen LogP contribution in [0.1, 0.15) is 10.5 Å². The van der Waals surface area contributed by atoms with Crippen LogP contribution in [-0.2, 0) is 0 Å². The lowest BCUT2D eigenvalue weighted by atomic mass is 10.3. The minimum atomic E-state index is -1.08. The summed E-state index contributed by atoms with van der Waals surface area (Å²) in [4.78, 5) is 14.7. The normalized spacial score (nSPS) is 10.4. The van der Waals surface area contributed by atoms with E-state index in [2.05, 4.69) is 4.98 Å². The smallest absolute Gasteiger partial charge is 0.354 e. The van der Waals surface area contributed by atoms with Gasteiger partial charge in [-0.3, -0.25) is 4.57 Å². The standard InChI is InChI=1S/C10H6Cl2N2O2/c11-6-2-1-3-7(9(6)12)14-5-13-4-8(14)10(15)16/h1-5H,(H,15,16). The third-order valence-electron chi connectivity index (χ3n) is 2.05. The number of rotatable bonds is 2. The van der Waals surface area contributed by atoms with E-state index in [-0.39, 0.29) is 5.69 Å². The summed E-state index contributed by atoms with van der Waals surface area (Å²) < 4.78 is 1.37.